The normalized spacial score (nSPS) is 16.6. The van der Waals surface area contributed by atoms with Gasteiger partial charge in [-0.25, -0.2) is 13.9 Å². The molecule has 1 atom stereocenters. The molecule has 140 valence electrons. The van der Waals surface area contributed by atoms with E-state index >= 15 is 0 Å². The van der Waals surface area contributed by atoms with Crippen LogP contribution in [0, 0.1) is 0 Å². The van der Waals surface area contributed by atoms with Crippen LogP contribution in [0.3, 0.4) is 0 Å². The predicted molar refractivity (Wildman–Crippen MR) is 106 cm³/mol. The van der Waals surface area contributed by atoms with Gasteiger partial charge < -0.3 is 9.64 Å². The van der Waals surface area contributed by atoms with Gasteiger partial charge in [0.25, 0.3) is 0 Å². The van der Waals surface area contributed by atoms with E-state index in [1.54, 1.807) is 13.3 Å². The molecule has 1 aliphatic heterocycles. The number of methoxy groups -OCH3 is 1. The molecule has 0 aliphatic carbocycles. The van der Waals surface area contributed by atoms with Gasteiger partial charge in [0, 0.05) is 32.4 Å². The molecule has 1 N–H and O–H groups in total. The number of anilines is 1. The van der Waals surface area contributed by atoms with E-state index < -0.39 is 11.0 Å². The molecule has 6 nitrogen and oxygen atoms in total. The molecule has 1 saturated heterocycles. The van der Waals surface area contributed by atoms with Crippen molar-refractivity contribution in [2.24, 2.45) is 0 Å². The second kappa shape index (κ2) is 9.41. The molecule has 3 rings (SSSR count). The van der Waals surface area contributed by atoms with Crippen LogP contribution in [0.15, 0.2) is 36.5 Å². The Morgan fingerprint density at radius 3 is 2.81 bits per heavy atom. The first-order valence-electron chi connectivity index (χ1n) is 8.63. The highest BCUT2D eigenvalue weighted by molar-refractivity contribution is 7.83. The van der Waals surface area contributed by atoms with Crippen LogP contribution in [-0.2, 0) is 15.7 Å². The lowest BCUT2D eigenvalue weighted by Gasteiger charge is -2.33. The van der Waals surface area contributed by atoms with Crippen LogP contribution in [0.1, 0.15) is 12.8 Å². The summed E-state index contributed by atoms with van der Waals surface area (Å²) in [5.74, 6) is 1.41. The summed E-state index contributed by atoms with van der Waals surface area (Å²) in [5, 5.41) is 0.595. The van der Waals surface area contributed by atoms with E-state index in [2.05, 4.69) is 14.6 Å². The monoisotopic (exact) mass is 394 g/mol. The van der Waals surface area contributed by atoms with E-state index in [0.717, 1.165) is 37.4 Å². The minimum absolute atomic E-state index is 0.256. The summed E-state index contributed by atoms with van der Waals surface area (Å²) in [7, 11) is 0.579. The summed E-state index contributed by atoms with van der Waals surface area (Å²) in [4.78, 5) is 11.3. The minimum atomic E-state index is -1.04. The average molecular weight is 395 g/mol. The van der Waals surface area contributed by atoms with Gasteiger partial charge in [-0.1, -0.05) is 17.7 Å². The zero-order valence-electron chi connectivity index (χ0n) is 14.7. The third-order valence-electron chi connectivity index (χ3n) is 4.33. The van der Waals surface area contributed by atoms with Gasteiger partial charge >= 0.3 is 0 Å². The number of hydrogen-bond acceptors (Lipinski definition) is 5. The standard InChI is InChI=1S/C18H23ClN4O2S/c1-25-12-13-26(24)22-14-7-10-23(11-8-14)17-6-5-15(19)18(21-17)16-4-2-3-9-20-16/h2-6,9,14,22H,7-8,10-13H2,1H3. The lowest BCUT2D eigenvalue weighted by molar-refractivity contribution is 0.217. The minimum Gasteiger partial charge on any atom is -0.384 e. The van der Waals surface area contributed by atoms with Gasteiger partial charge in [-0.2, -0.15) is 0 Å². The molecule has 0 aromatic carbocycles. The Morgan fingerprint density at radius 1 is 1.31 bits per heavy atom. The van der Waals surface area contributed by atoms with Gasteiger partial charge in [0.1, 0.15) is 11.5 Å². The van der Waals surface area contributed by atoms with Crippen molar-refractivity contribution in [1.29, 1.82) is 0 Å². The number of piperidine rings is 1. The van der Waals surface area contributed by atoms with E-state index in [1.807, 2.05) is 30.3 Å². The molecule has 1 aliphatic rings. The molecule has 1 unspecified atom stereocenters. The van der Waals surface area contributed by atoms with E-state index in [4.69, 9.17) is 21.3 Å². The Labute approximate surface area is 161 Å². The summed E-state index contributed by atoms with van der Waals surface area (Å²) in [5.41, 5.74) is 1.47. The van der Waals surface area contributed by atoms with Crippen LogP contribution < -0.4 is 9.62 Å². The highest BCUT2D eigenvalue weighted by Crippen LogP contribution is 2.28. The number of nitrogens with one attached hydrogen (secondary N) is 1. The molecule has 0 amide bonds. The van der Waals surface area contributed by atoms with Gasteiger partial charge in [0.2, 0.25) is 0 Å². The van der Waals surface area contributed by atoms with Crippen LogP contribution >= 0.6 is 11.6 Å². The van der Waals surface area contributed by atoms with E-state index in [1.165, 1.54) is 0 Å². The predicted octanol–water partition coefficient (Wildman–Crippen LogP) is 2.67. The summed E-state index contributed by atoms with van der Waals surface area (Å²) >= 11 is 6.32. The molecule has 0 saturated carbocycles. The summed E-state index contributed by atoms with van der Waals surface area (Å²) < 4.78 is 20.1. The molecule has 2 aromatic heterocycles. The Morgan fingerprint density at radius 2 is 2.12 bits per heavy atom. The van der Waals surface area contributed by atoms with Crippen LogP contribution in [0.2, 0.25) is 5.02 Å². The smallest absolute Gasteiger partial charge is 0.129 e. The Bertz CT molecular complexity index is 739. The van der Waals surface area contributed by atoms with Gasteiger partial charge in [0.15, 0.2) is 0 Å². The topological polar surface area (TPSA) is 67.3 Å². The summed E-state index contributed by atoms with van der Waals surface area (Å²) in [6, 6.07) is 9.77. The van der Waals surface area contributed by atoms with Crippen molar-refractivity contribution in [3.8, 4) is 11.4 Å². The van der Waals surface area contributed by atoms with Crippen molar-refractivity contribution in [2.45, 2.75) is 18.9 Å². The fourth-order valence-electron chi connectivity index (χ4n) is 2.92. The van der Waals surface area contributed by atoms with Crippen molar-refractivity contribution < 1.29 is 8.95 Å². The SMILES string of the molecule is COCCS(=O)NC1CCN(c2ccc(Cl)c(-c3ccccn3)n2)CC1. The maximum atomic E-state index is 11.9. The van der Waals surface area contributed by atoms with Crippen molar-refractivity contribution in [3.05, 3.63) is 41.6 Å². The van der Waals surface area contributed by atoms with Gasteiger partial charge in [0.05, 0.1) is 34.1 Å². The van der Waals surface area contributed by atoms with Gasteiger partial charge in [-0.15, -0.1) is 0 Å². The van der Waals surface area contributed by atoms with Crippen LogP contribution in [0.4, 0.5) is 5.82 Å². The van der Waals surface area contributed by atoms with Crippen LogP contribution in [-0.4, -0.2) is 52.8 Å². The lowest BCUT2D eigenvalue weighted by Crippen LogP contribution is -2.44. The fraction of sp³-hybridized carbons (Fsp3) is 0.444. The lowest BCUT2D eigenvalue weighted by atomic mass is 10.1. The molecule has 8 heteroatoms. The highest BCUT2D eigenvalue weighted by Gasteiger charge is 2.22. The summed E-state index contributed by atoms with van der Waals surface area (Å²) in [6.45, 7) is 2.22. The van der Waals surface area contributed by atoms with Crippen molar-refractivity contribution in [1.82, 2.24) is 14.7 Å². The number of rotatable bonds is 7. The fourth-order valence-corrected chi connectivity index (χ4v) is 4.17. The quantitative estimate of drug-likeness (QED) is 0.782. The number of halogens is 1. The number of nitrogens with zero attached hydrogens (tertiary/aromatic N) is 3. The zero-order chi connectivity index (χ0) is 18.4. The third-order valence-corrected chi connectivity index (χ3v) is 5.77. The van der Waals surface area contributed by atoms with Crippen LogP contribution in [0.25, 0.3) is 11.4 Å². The summed E-state index contributed by atoms with van der Waals surface area (Å²) in [6.07, 6.45) is 3.57. The number of ether oxygens (including phenoxy) is 1. The van der Waals surface area contributed by atoms with Gasteiger partial charge in [-0.3, -0.25) is 4.98 Å². The number of aromatic nitrogens is 2. The molecule has 2 aromatic rings. The maximum absolute atomic E-state index is 11.9. The molecule has 0 bridgehead atoms. The second-order valence-corrected chi connectivity index (χ2v) is 7.88. The molecule has 1 fully saturated rings. The van der Waals surface area contributed by atoms with Crippen LogP contribution in [0.5, 0.6) is 0 Å². The number of hydrogen-bond donors (Lipinski definition) is 1. The Kier molecular flexibility index (Phi) is 6.96. The zero-order valence-corrected chi connectivity index (χ0v) is 16.3. The Hall–Kier alpha value is -1.54. The second-order valence-electron chi connectivity index (χ2n) is 6.14. The molecule has 0 spiro atoms. The highest BCUT2D eigenvalue weighted by atomic mass is 35.5. The first-order valence-corrected chi connectivity index (χ1v) is 10.3. The largest absolute Gasteiger partial charge is 0.384 e. The maximum Gasteiger partial charge on any atom is 0.129 e. The van der Waals surface area contributed by atoms with Crippen molar-refractivity contribution >= 4 is 28.4 Å². The Balaban J connectivity index is 1.62. The molecule has 0 radical (unpaired) electrons. The molecular weight excluding hydrogens is 372 g/mol. The number of pyridine rings is 2. The van der Waals surface area contributed by atoms with Crippen molar-refractivity contribution in [3.63, 3.8) is 0 Å². The molecule has 26 heavy (non-hydrogen) atoms. The van der Waals surface area contributed by atoms with Gasteiger partial charge in [-0.05, 0) is 37.1 Å². The average Bonchev–Trinajstić information content (AvgIpc) is 2.68. The van der Waals surface area contributed by atoms with Crippen molar-refractivity contribution in [2.75, 3.05) is 37.5 Å². The third kappa shape index (κ3) is 5.01. The molecule has 3 heterocycles. The first-order chi connectivity index (χ1) is 12.7. The van der Waals surface area contributed by atoms with E-state index in [-0.39, 0.29) is 6.04 Å². The molecular formula is C18H23ClN4O2S. The first kappa shape index (κ1) is 19.2. The van der Waals surface area contributed by atoms with E-state index in [0.29, 0.717) is 23.1 Å². The van der Waals surface area contributed by atoms with E-state index in [9.17, 15) is 4.21 Å².